The maximum atomic E-state index is 13.2. The third-order valence-electron chi connectivity index (χ3n) is 6.39. The van der Waals surface area contributed by atoms with E-state index in [1.807, 2.05) is 13.8 Å². The first-order chi connectivity index (χ1) is 18.8. The second kappa shape index (κ2) is 12.5. The summed E-state index contributed by atoms with van der Waals surface area (Å²) >= 11 is 0. The van der Waals surface area contributed by atoms with Gasteiger partial charge in [0.05, 0.1) is 26.2 Å². The molecule has 208 valence electrons. The van der Waals surface area contributed by atoms with Gasteiger partial charge in [-0.05, 0) is 49.6 Å². The molecule has 0 unspecified atom stereocenters. The van der Waals surface area contributed by atoms with Crippen LogP contribution in [0, 0.1) is 12.8 Å². The number of methoxy groups -OCH3 is 1. The van der Waals surface area contributed by atoms with Crippen molar-refractivity contribution >= 4 is 17.7 Å². The van der Waals surface area contributed by atoms with E-state index in [1.165, 1.54) is 12.0 Å². The molecule has 2 bridgehead atoms. The lowest BCUT2D eigenvalue weighted by atomic mass is 10.0. The Hall–Kier alpha value is -4.35. The van der Waals surface area contributed by atoms with Gasteiger partial charge in [0, 0.05) is 24.8 Å². The van der Waals surface area contributed by atoms with E-state index in [-0.39, 0.29) is 43.3 Å². The molecule has 3 heterocycles. The highest BCUT2D eigenvalue weighted by Crippen LogP contribution is 2.28. The van der Waals surface area contributed by atoms with Crippen LogP contribution < -0.4 is 20.1 Å². The Morgan fingerprint density at radius 2 is 2.03 bits per heavy atom. The van der Waals surface area contributed by atoms with Crippen LogP contribution in [-0.4, -0.2) is 75.7 Å². The number of nitrogens with zero attached hydrogens (tertiary/aromatic N) is 4. The highest BCUT2D eigenvalue weighted by Gasteiger charge is 2.27. The minimum absolute atomic E-state index is 0.00219. The molecule has 1 atom stereocenters. The van der Waals surface area contributed by atoms with Gasteiger partial charge >= 0.3 is 0 Å². The third-order valence-corrected chi connectivity index (χ3v) is 6.39. The summed E-state index contributed by atoms with van der Waals surface area (Å²) in [5, 5.41) is 10.4. The number of H-pyrrole nitrogens is 1. The second-order valence-corrected chi connectivity index (χ2v) is 9.66. The van der Waals surface area contributed by atoms with Crippen LogP contribution in [0.1, 0.15) is 58.8 Å². The molecule has 2 aromatic heterocycles. The molecule has 12 nitrogen and oxygen atoms in total. The molecule has 1 aliphatic rings. The summed E-state index contributed by atoms with van der Waals surface area (Å²) in [5.41, 5.74) is 0.804. The van der Waals surface area contributed by atoms with E-state index in [4.69, 9.17) is 9.47 Å². The van der Waals surface area contributed by atoms with Gasteiger partial charge in [0.2, 0.25) is 5.91 Å². The van der Waals surface area contributed by atoms with E-state index in [9.17, 15) is 14.4 Å². The second-order valence-electron chi connectivity index (χ2n) is 9.66. The lowest BCUT2D eigenvalue weighted by Crippen LogP contribution is -2.44. The average molecular weight is 538 g/mol. The van der Waals surface area contributed by atoms with Crippen molar-refractivity contribution in [3.63, 3.8) is 0 Å². The molecule has 0 radical (unpaired) electrons. The quantitative estimate of drug-likeness (QED) is 0.464. The summed E-state index contributed by atoms with van der Waals surface area (Å²) in [6.45, 7) is 6.79. The van der Waals surface area contributed by atoms with Gasteiger partial charge in [-0.15, -0.1) is 0 Å². The molecular formula is C27H35N7O5. The first kappa shape index (κ1) is 27.7. The third kappa shape index (κ3) is 6.75. The molecule has 0 aliphatic carbocycles. The predicted octanol–water partition coefficient (Wildman–Crippen LogP) is 2.09. The summed E-state index contributed by atoms with van der Waals surface area (Å²) in [7, 11) is 1.54. The fourth-order valence-electron chi connectivity index (χ4n) is 4.42. The molecule has 0 spiro atoms. The number of aromatic amines is 1. The molecule has 0 fully saturated rings. The molecule has 3 amide bonds. The molecule has 1 aromatic carbocycles. The van der Waals surface area contributed by atoms with Crippen molar-refractivity contribution in [2.45, 2.75) is 39.8 Å². The predicted molar refractivity (Wildman–Crippen MR) is 143 cm³/mol. The number of hydrogen-bond acceptors (Lipinski definition) is 7. The summed E-state index contributed by atoms with van der Waals surface area (Å²) in [4.78, 5) is 48.2. The van der Waals surface area contributed by atoms with Gasteiger partial charge in [-0.3, -0.25) is 14.4 Å². The van der Waals surface area contributed by atoms with Gasteiger partial charge in [-0.2, -0.15) is 5.10 Å². The van der Waals surface area contributed by atoms with Crippen LogP contribution in [0.25, 0.3) is 0 Å². The molecule has 12 heteroatoms. The van der Waals surface area contributed by atoms with Gasteiger partial charge in [-0.25, -0.2) is 9.67 Å². The summed E-state index contributed by atoms with van der Waals surface area (Å²) in [6, 6.07) is 7.96. The van der Waals surface area contributed by atoms with Crippen molar-refractivity contribution in [1.82, 2.24) is 35.3 Å². The Bertz CT molecular complexity index is 1300. The van der Waals surface area contributed by atoms with Crippen LogP contribution in [0.15, 0.2) is 36.5 Å². The molecular weight excluding hydrogens is 502 g/mol. The average Bonchev–Trinajstić information content (AvgIpc) is 3.58. The van der Waals surface area contributed by atoms with Crippen LogP contribution in [0.3, 0.4) is 0 Å². The number of aryl methyl sites for hydroxylation is 1. The van der Waals surface area contributed by atoms with Crippen molar-refractivity contribution in [2.24, 2.45) is 5.92 Å². The lowest BCUT2D eigenvalue weighted by Gasteiger charge is -2.26. The first-order valence-electron chi connectivity index (χ1n) is 13.0. The maximum Gasteiger partial charge on any atom is 0.270 e. The first-order valence-corrected chi connectivity index (χ1v) is 13.0. The van der Waals surface area contributed by atoms with Gasteiger partial charge in [0.25, 0.3) is 11.8 Å². The zero-order valence-corrected chi connectivity index (χ0v) is 22.7. The summed E-state index contributed by atoms with van der Waals surface area (Å²) in [5.74, 6) is 1.20. The smallest absolute Gasteiger partial charge is 0.270 e. The highest BCUT2D eigenvalue weighted by molar-refractivity contribution is 5.95. The van der Waals surface area contributed by atoms with E-state index in [0.717, 1.165) is 0 Å². The molecule has 3 aromatic rings. The minimum Gasteiger partial charge on any atom is -0.493 e. The van der Waals surface area contributed by atoms with Crippen LogP contribution in [-0.2, 0) is 11.3 Å². The number of aromatic nitrogens is 4. The maximum absolute atomic E-state index is 13.2. The Labute approximate surface area is 227 Å². The molecule has 39 heavy (non-hydrogen) atoms. The largest absolute Gasteiger partial charge is 0.493 e. The number of fused-ring (bicyclic) bond motifs is 3. The van der Waals surface area contributed by atoms with Crippen LogP contribution in [0.5, 0.6) is 11.5 Å². The highest BCUT2D eigenvalue weighted by atomic mass is 16.5. The molecule has 3 N–H and O–H groups in total. The minimum atomic E-state index is -0.433. The van der Waals surface area contributed by atoms with Crippen LogP contribution in [0.4, 0.5) is 0 Å². The van der Waals surface area contributed by atoms with E-state index in [2.05, 4.69) is 25.7 Å². The number of carbonyl (C=O) groups excluding carboxylic acids is 3. The Morgan fingerprint density at radius 3 is 2.74 bits per heavy atom. The number of benzene rings is 1. The SMILES string of the molecule is COc1ccc2cc1OCCn1nc(C)nc1[C@H](C(C)C)NC(=O)CN(C(=O)c1ccc[nH]1)CCCNC2=O. The van der Waals surface area contributed by atoms with Crippen molar-refractivity contribution in [3.05, 3.63) is 59.4 Å². The number of amides is 3. The number of carbonyl (C=O) groups is 3. The zero-order chi connectivity index (χ0) is 27.9. The van der Waals surface area contributed by atoms with Gasteiger partial charge in [0.1, 0.15) is 23.9 Å². The van der Waals surface area contributed by atoms with Crippen LogP contribution >= 0.6 is 0 Å². The molecule has 1 aliphatic heterocycles. The van der Waals surface area contributed by atoms with E-state index in [0.29, 0.717) is 53.9 Å². The fourth-order valence-corrected chi connectivity index (χ4v) is 4.42. The summed E-state index contributed by atoms with van der Waals surface area (Å²) in [6.07, 6.45) is 2.11. The molecule has 0 saturated heterocycles. The number of rotatable bonds is 3. The lowest BCUT2D eigenvalue weighted by molar-refractivity contribution is -0.123. The topological polar surface area (TPSA) is 143 Å². The number of hydrogen-bond donors (Lipinski definition) is 3. The standard InChI is InChI=1S/C27H35N7O5/c1-17(2)24-25-30-18(3)32-34(25)13-14-39-22-15-19(8-9-21(22)38-4)26(36)29-11-6-12-33(16-23(35)31-24)27(37)20-7-5-10-28-20/h5,7-10,15,17,24,28H,6,11-14,16H2,1-4H3,(H,29,36)(H,31,35)/t24-/m0/s1. The molecule has 0 saturated carbocycles. The summed E-state index contributed by atoms with van der Waals surface area (Å²) < 4.78 is 13.1. The van der Waals surface area contributed by atoms with Gasteiger partial charge in [0.15, 0.2) is 11.5 Å². The Balaban J connectivity index is 1.65. The fraction of sp³-hybridized carbons (Fsp3) is 0.444. The van der Waals surface area contributed by atoms with Crippen molar-refractivity contribution in [3.8, 4) is 11.5 Å². The Morgan fingerprint density at radius 1 is 1.21 bits per heavy atom. The monoisotopic (exact) mass is 537 g/mol. The van der Waals surface area contributed by atoms with Gasteiger partial charge < -0.3 is 30.0 Å². The van der Waals surface area contributed by atoms with E-state index >= 15 is 0 Å². The molecule has 4 rings (SSSR count). The van der Waals surface area contributed by atoms with Crippen molar-refractivity contribution < 1.29 is 23.9 Å². The normalized spacial score (nSPS) is 17.4. The van der Waals surface area contributed by atoms with Gasteiger partial charge in [-0.1, -0.05) is 13.8 Å². The van der Waals surface area contributed by atoms with Crippen LogP contribution in [0.2, 0.25) is 0 Å². The number of ether oxygens (including phenoxy) is 2. The van der Waals surface area contributed by atoms with Crippen molar-refractivity contribution in [1.29, 1.82) is 0 Å². The van der Waals surface area contributed by atoms with E-state index in [1.54, 1.807) is 48.1 Å². The number of nitrogens with one attached hydrogen (secondary N) is 3. The van der Waals surface area contributed by atoms with E-state index < -0.39 is 6.04 Å². The Kier molecular flexibility index (Phi) is 8.84. The van der Waals surface area contributed by atoms with Crippen molar-refractivity contribution in [2.75, 3.05) is 33.4 Å². The zero-order valence-electron chi connectivity index (χ0n) is 22.7.